The molecular formula is C10H12NO2. The SMILES string of the molecule is CC(C)c1ccccc1NC([O])=O. The molecule has 3 heteroatoms. The second-order valence-electron chi connectivity index (χ2n) is 3.15. The molecule has 1 N–H and O–H groups in total. The van der Waals surface area contributed by atoms with Gasteiger partial charge in [-0.2, -0.15) is 0 Å². The van der Waals surface area contributed by atoms with Crippen LogP contribution in [0.4, 0.5) is 10.5 Å². The second-order valence-corrected chi connectivity index (χ2v) is 3.15. The first kappa shape index (κ1) is 9.58. The number of para-hydroxylation sites is 1. The highest BCUT2D eigenvalue weighted by Gasteiger charge is 2.07. The standard InChI is InChI=1S/C10H12NO2/c1-7(2)8-5-3-4-6-9(8)11-10(12)13/h3-7,11H,1-2H3. The van der Waals surface area contributed by atoms with Gasteiger partial charge in [-0.3, -0.25) is 5.32 Å². The van der Waals surface area contributed by atoms with Gasteiger partial charge in [0.05, 0.1) is 0 Å². The molecule has 1 rings (SSSR count). The minimum atomic E-state index is -1.27. The minimum Gasteiger partial charge on any atom is -0.288 e. The van der Waals surface area contributed by atoms with Crippen molar-refractivity contribution in [1.82, 2.24) is 0 Å². The van der Waals surface area contributed by atoms with Crippen LogP contribution in [-0.4, -0.2) is 6.09 Å². The fourth-order valence-corrected chi connectivity index (χ4v) is 1.22. The number of amides is 1. The molecule has 0 saturated heterocycles. The Morgan fingerprint density at radius 1 is 1.31 bits per heavy atom. The first-order valence-corrected chi connectivity index (χ1v) is 4.18. The van der Waals surface area contributed by atoms with Gasteiger partial charge in [-0.25, -0.2) is 9.90 Å². The van der Waals surface area contributed by atoms with Crippen LogP contribution in [0.2, 0.25) is 0 Å². The van der Waals surface area contributed by atoms with Gasteiger partial charge in [-0.15, -0.1) is 0 Å². The Kier molecular flexibility index (Phi) is 2.90. The maximum atomic E-state index is 10.3. The lowest BCUT2D eigenvalue weighted by molar-refractivity contribution is 0.185. The molecule has 0 unspecified atom stereocenters. The summed E-state index contributed by atoms with van der Waals surface area (Å²) < 4.78 is 0. The molecule has 0 aliphatic rings. The van der Waals surface area contributed by atoms with Gasteiger partial charge < -0.3 is 0 Å². The Bertz CT molecular complexity index is 308. The van der Waals surface area contributed by atoms with Crippen molar-refractivity contribution >= 4 is 11.8 Å². The molecule has 0 aromatic heterocycles. The number of hydrogen-bond acceptors (Lipinski definition) is 1. The maximum Gasteiger partial charge on any atom is 0.454 e. The molecule has 13 heavy (non-hydrogen) atoms. The zero-order valence-electron chi connectivity index (χ0n) is 7.70. The normalized spacial score (nSPS) is 10.1. The highest BCUT2D eigenvalue weighted by molar-refractivity contribution is 5.83. The second kappa shape index (κ2) is 3.94. The van der Waals surface area contributed by atoms with Crippen LogP contribution in [0.1, 0.15) is 25.3 Å². The van der Waals surface area contributed by atoms with Crippen molar-refractivity contribution in [2.75, 3.05) is 5.32 Å². The van der Waals surface area contributed by atoms with E-state index in [1.165, 1.54) is 0 Å². The Morgan fingerprint density at radius 2 is 1.92 bits per heavy atom. The molecule has 1 aromatic carbocycles. The molecule has 0 atom stereocenters. The highest BCUT2D eigenvalue weighted by atomic mass is 16.4. The lowest BCUT2D eigenvalue weighted by Gasteiger charge is -2.10. The lowest BCUT2D eigenvalue weighted by atomic mass is 10.0. The number of rotatable bonds is 2. The van der Waals surface area contributed by atoms with E-state index in [9.17, 15) is 9.90 Å². The fraction of sp³-hybridized carbons (Fsp3) is 0.300. The molecular weight excluding hydrogens is 166 g/mol. The van der Waals surface area contributed by atoms with E-state index in [2.05, 4.69) is 5.32 Å². The van der Waals surface area contributed by atoms with Gasteiger partial charge in [-0.1, -0.05) is 32.0 Å². The average molecular weight is 178 g/mol. The summed E-state index contributed by atoms with van der Waals surface area (Å²) in [5.74, 6) is 0.294. The topological polar surface area (TPSA) is 49.0 Å². The number of carbonyl (C=O) groups excluding carboxylic acids is 1. The fourth-order valence-electron chi connectivity index (χ4n) is 1.22. The summed E-state index contributed by atoms with van der Waals surface area (Å²) in [6.07, 6.45) is -1.27. The molecule has 0 spiro atoms. The number of anilines is 1. The van der Waals surface area contributed by atoms with Crippen LogP contribution in [0, 0.1) is 0 Å². The van der Waals surface area contributed by atoms with E-state index >= 15 is 0 Å². The molecule has 0 aliphatic heterocycles. The van der Waals surface area contributed by atoms with E-state index in [0.29, 0.717) is 11.6 Å². The monoisotopic (exact) mass is 178 g/mol. The van der Waals surface area contributed by atoms with Crippen molar-refractivity contribution in [1.29, 1.82) is 0 Å². The third-order valence-corrected chi connectivity index (χ3v) is 1.82. The van der Waals surface area contributed by atoms with Crippen molar-refractivity contribution in [3.05, 3.63) is 29.8 Å². The lowest BCUT2D eigenvalue weighted by Crippen LogP contribution is -2.08. The molecule has 1 radical (unpaired) electrons. The van der Waals surface area contributed by atoms with Crippen molar-refractivity contribution in [3.8, 4) is 0 Å². The third kappa shape index (κ3) is 2.47. The van der Waals surface area contributed by atoms with Crippen molar-refractivity contribution in [2.24, 2.45) is 0 Å². The Balaban J connectivity index is 2.97. The zero-order valence-corrected chi connectivity index (χ0v) is 7.70. The zero-order chi connectivity index (χ0) is 9.84. The van der Waals surface area contributed by atoms with Crippen LogP contribution in [0.15, 0.2) is 24.3 Å². The molecule has 69 valence electrons. The molecule has 0 aliphatic carbocycles. The van der Waals surface area contributed by atoms with E-state index in [1.807, 2.05) is 26.0 Å². The first-order valence-electron chi connectivity index (χ1n) is 4.18. The summed E-state index contributed by atoms with van der Waals surface area (Å²) in [6.45, 7) is 4.02. The van der Waals surface area contributed by atoms with Crippen LogP contribution in [0.3, 0.4) is 0 Å². The number of nitrogens with one attached hydrogen (secondary N) is 1. The molecule has 0 heterocycles. The van der Waals surface area contributed by atoms with Crippen LogP contribution >= 0.6 is 0 Å². The highest BCUT2D eigenvalue weighted by Crippen LogP contribution is 2.23. The van der Waals surface area contributed by atoms with E-state index in [0.717, 1.165) is 5.56 Å². The van der Waals surface area contributed by atoms with Crippen molar-refractivity contribution < 1.29 is 9.90 Å². The van der Waals surface area contributed by atoms with Gasteiger partial charge in [0.15, 0.2) is 0 Å². The van der Waals surface area contributed by atoms with Crippen LogP contribution in [-0.2, 0) is 5.11 Å². The summed E-state index contributed by atoms with van der Waals surface area (Å²) in [5.41, 5.74) is 1.59. The van der Waals surface area contributed by atoms with Crippen molar-refractivity contribution in [3.63, 3.8) is 0 Å². The third-order valence-electron chi connectivity index (χ3n) is 1.82. The molecule has 0 fully saturated rings. The van der Waals surface area contributed by atoms with E-state index in [4.69, 9.17) is 0 Å². The van der Waals surface area contributed by atoms with Gasteiger partial charge in [0.2, 0.25) is 0 Å². The summed E-state index contributed by atoms with van der Waals surface area (Å²) in [7, 11) is 0. The Hall–Kier alpha value is -1.51. The van der Waals surface area contributed by atoms with E-state index in [1.54, 1.807) is 12.1 Å². The molecule has 0 saturated carbocycles. The largest absolute Gasteiger partial charge is 0.454 e. The van der Waals surface area contributed by atoms with Gasteiger partial charge >= 0.3 is 6.09 Å². The van der Waals surface area contributed by atoms with E-state index in [-0.39, 0.29) is 0 Å². The van der Waals surface area contributed by atoms with Gasteiger partial charge in [0.1, 0.15) is 0 Å². The first-order chi connectivity index (χ1) is 6.11. The Morgan fingerprint density at radius 3 is 2.46 bits per heavy atom. The molecule has 3 nitrogen and oxygen atoms in total. The summed E-state index contributed by atoms with van der Waals surface area (Å²) in [4.78, 5) is 10.3. The molecule has 1 aromatic rings. The number of benzene rings is 1. The maximum absolute atomic E-state index is 10.3. The van der Waals surface area contributed by atoms with Gasteiger partial charge in [0, 0.05) is 5.69 Å². The van der Waals surface area contributed by atoms with Gasteiger partial charge in [0.25, 0.3) is 0 Å². The smallest absolute Gasteiger partial charge is 0.288 e. The van der Waals surface area contributed by atoms with Crippen LogP contribution in [0.25, 0.3) is 0 Å². The number of carbonyl (C=O) groups is 1. The van der Waals surface area contributed by atoms with Crippen LogP contribution < -0.4 is 5.32 Å². The summed E-state index contributed by atoms with van der Waals surface area (Å²) in [6, 6.07) is 7.30. The van der Waals surface area contributed by atoms with Gasteiger partial charge in [-0.05, 0) is 17.5 Å². The minimum absolute atomic E-state index is 0.294. The average Bonchev–Trinajstić information content (AvgIpc) is 2.03. The molecule has 0 bridgehead atoms. The number of hydrogen-bond donors (Lipinski definition) is 1. The van der Waals surface area contributed by atoms with Crippen LogP contribution in [0.5, 0.6) is 0 Å². The quantitative estimate of drug-likeness (QED) is 0.743. The Labute approximate surface area is 77.4 Å². The summed E-state index contributed by atoms with van der Waals surface area (Å²) >= 11 is 0. The molecule has 1 amide bonds. The predicted octanol–water partition coefficient (Wildman–Crippen LogP) is 2.77. The van der Waals surface area contributed by atoms with E-state index < -0.39 is 6.09 Å². The summed E-state index contributed by atoms with van der Waals surface area (Å²) in [5, 5.41) is 12.6. The predicted molar refractivity (Wildman–Crippen MR) is 50.2 cm³/mol. The van der Waals surface area contributed by atoms with Crippen molar-refractivity contribution in [2.45, 2.75) is 19.8 Å².